The fourth-order valence-corrected chi connectivity index (χ4v) is 4.06. The molecule has 0 aliphatic carbocycles. The molecule has 3 unspecified atom stereocenters. The average Bonchev–Trinajstić information content (AvgIpc) is 2.32. The minimum atomic E-state index is -0.855. The smallest absolute Gasteiger partial charge is 0.0562 e. The summed E-state index contributed by atoms with van der Waals surface area (Å²) >= 11 is 3.49. The van der Waals surface area contributed by atoms with E-state index in [2.05, 4.69) is 41.2 Å². The van der Waals surface area contributed by atoms with Crippen molar-refractivity contribution in [2.75, 3.05) is 6.54 Å². The summed E-state index contributed by atoms with van der Waals surface area (Å²) in [6.07, 6.45) is 2.08. The Labute approximate surface area is 114 Å². The summed E-state index contributed by atoms with van der Waals surface area (Å²) in [6.45, 7) is 5.25. The van der Waals surface area contributed by atoms with Gasteiger partial charge < -0.3 is 5.32 Å². The van der Waals surface area contributed by atoms with Crippen LogP contribution in [0.4, 0.5) is 0 Å². The van der Waals surface area contributed by atoms with Crippen LogP contribution in [0.25, 0.3) is 0 Å². The minimum absolute atomic E-state index is 0.234. The molecule has 0 saturated heterocycles. The van der Waals surface area contributed by atoms with Gasteiger partial charge in [-0.15, -0.1) is 0 Å². The zero-order valence-corrected chi connectivity index (χ0v) is 12.6. The molecule has 1 heterocycles. The van der Waals surface area contributed by atoms with E-state index in [1.165, 1.54) is 5.56 Å². The molecule has 4 heteroatoms. The summed E-state index contributed by atoms with van der Waals surface area (Å²) in [6, 6.07) is 6.42. The van der Waals surface area contributed by atoms with Crippen LogP contribution in [-0.2, 0) is 10.8 Å². The summed E-state index contributed by atoms with van der Waals surface area (Å²) in [4.78, 5) is 1.00. The van der Waals surface area contributed by atoms with Crippen molar-refractivity contribution in [3.05, 3.63) is 28.2 Å². The SMILES string of the molecule is CCCNC1CC(C)S(=O)c2ccc(Br)cc21. The van der Waals surface area contributed by atoms with E-state index in [1.54, 1.807) is 0 Å². The molecule has 1 N–H and O–H groups in total. The summed E-state index contributed by atoms with van der Waals surface area (Å²) in [7, 11) is -0.855. The highest BCUT2D eigenvalue weighted by molar-refractivity contribution is 9.10. The lowest BCUT2D eigenvalue weighted by Crippen LogP contribution is -2.32. The molecule has 0 fully saturated rings. The second kappa shape index (κ2) is 5.63. The molecule has 0 radical (unpaired) electrons. The van der Waals surface area contributed by atoms with Crippen molar-refractivity contribution in [2.24, 2.45) is 0 Å². The van der Waals surface area contributed by atoms with Crippen LogP contribution in [-0.4, -0.2) is 16.0 Å². The molecule has 2 nitrogen and oxygen atoms in total. The van der Waals surface area contributed by atoms with Crippen LogP contribution in [0.2, 0.25) is 0 Å². The van der Waals surface area contributed by atoms with Gasteiger partial charge in [-0.05, 0) is 43.1 Å². The predicted octanol–water partition coefficient (Wildman–Crippen LogP) is 3.39. The summed E-state index contributed by atoms with van der Waals surface area (Å²) in [5.74, 6) is 0. The maximum absolute atomic E-state index is 12.2. The van der Waals surface area contributed by atoms with Gasteiger partial charge in [0, 0.05) is 20.7 Å². The highest BCUT2D eigenvalue weighted by Crippen LogP contribution is 2.35. The Kier molecular flexibility index (Phi) is 4.39. The van der Waals surface area contributed by atoms with Crippen molar-refractivity contribution in [1.82, 2.24) is 5.32 Å². The molecule has 1 aliphatic rings. The van der Waals surface area contributed by atoms with Crippen molar-refractivity contribution in [3.63, 3.8) is 0 Å². The van der Waals surface area contributed by atoms with E-state index in [9.17, 15) is 4.21 Å². The number of hydrogen-bond donors (Lipinski definition) is 1. The van der Waals surface area contributed by atoms with E-state index < -0.39 is 10.8 Å². The Bertz CT molecular complexity index is 435. The van der Waals surface area contributed by atoms with Gasteiger partial charge in [0.1, 0.15) is 0 Å². The molecule has 0 saturated carbocycles. The summed E-state index contributed by atoms with van der Waals surface area (Å²) < 4.78 is 13.3. The van der Waals surface area contributed by atoms with E-state index in [0.29, 0.717) is 6.04 Å². The number of fused-ring (bicyclic) bond motifs is 1. The van der Waals surface area contributed by atoms with E-state index in [-0.39, 0.29) is 5.25 Å². The number of hydrogen-bond acceptors (Lipinski definition) is 2. The second-order valence-electron chi connectivity index (χ2n) is 4.53. The maximum Gasteiger partial charge on any atom is 0.0562 e. The number of rotatable bonds is 3. The monoisotopic (exact) mass is 315 g/mol. The zero-order chi connectivity index (χ0) is 12.4. The normalized spacial score (nSPS) is 27.8. The van der Waals surface area contributed by atoms with Gasteiger partial charge in [-0.3, -0.25) is 4.21 Å². The van der Waals surface area contributed by atoms with Gasteiger partial charge in [0.2, 0.25) is 0 Å². The molecule has 1 aromatic carbocycles. The third kappa shape index (κ3) is 2.80. The zero-order valence-electron chi connectivity index (χ0n) is 10.2. The van der Waals surface area contributed by atoms with Gasteiger partial charge in [0.15, 0.2) is 0 Å². The molecule has 0 aromatic heterocycles. The van der Waals surface area contributed by atoms with E-state index >= 15 is 0 Å². The molecule has 0 amide bonds. The first-order valence-electron chi connectivity index (χ1n) is 6.07. The van der Waals surface area contributed by atoms with Gasteiger partial charge in [0.25, 0.3) is 0 Å². The first kappa shape index (κ1) is 13.2. The first-order valence-corrected chi connectivity index (χ1v) is 8.07. The molecular formula is C13H18BrNOS. The van der Waals surface area contributed by atoms with Crippen molar-refractivity contribution < 1.29 is 4.21 Å². The largest absolute Gasteiger partial charge is 0.310 e. The standard InChI is InChI=1S/C13H18BrNOS/c1-3-6-15-12-7-9(2)17(16)13-5-4-10(14)8-11(12)13/h4-5,8-9,12,15H,3,6-7H2,1-2H3. The highest BCUT2D eigenvalue weighted by atomic mass is 79.9. The van der Waals surface area contributed by atoms with Gasteiger partial charge in [-0.2, -0.15) is 0 Å². The topological polar surface area (TPSA) is 29.1 Å². The Morgan fingerprint density at radius 1 is 1.53 bits per heavy atom. The first-order chi connectivity index (χ1) is 8.13. The van der Waals surface area contributed by atoms with Crippen LogP contribution >= 0.6 is 15.9 Å². The molecule has 2 rings (SSSR count). The Morgan fingerprint density at radius 3 is 3.00 bits per heavy atom. The lowest BCUT2D eigenvalue weighted by molar-refractivity contribution is 0.477. The summed E-state index contributed by atoms with van der Waals surface area (Å²) in [5.41, 5.74) is 1.20. The van der Waals surface area contributed by atoms with Gasteiger partial charge in [0.05, 0.1) is 10.8 Å². The van der Waals surface area contributed by atoms with Crippen LogP contribution in [0.3, 0.4) is 0 Å². The third-order valence-electron chi connectivity index (χ3n) is 3.14. The number of nitrogens with one attached hydrogen (secondary N) is 1. The highest BCUT2D eigenvalue weighted by Gasteiger charge is 2.29. The summed E-state index contributed by atoms with van der Waals surface area (Å²) in [5, 5.41) is 3.78. The van der Waals surface area contributed by atoms with Crippen molar-refractivity contribution in [1.29, 1.82) is 0 Å². The molecule has 1 aromatic rings. The lowest BCUT2D eigenvalue weighted by Gasteiger charge is -2.30. The third-order valence-corrected chi connectivity index (χ3v) is 5.36. The second-order valence-corrected chi connectivity index (χ2v) is 7.29. The average molecular weight is 316 g/mol. The quantitative estimate of drug-likeness (QED) is 0.926. The van der Waals surface area contributed by atoms with Gasteiger partial charge in [-0.1, -0.05) is 29.8 Å². The van der Waals surface area contributed by atoms with Crippen LogP contribution in [0.1, 0.15) is 38.3 Å². The molecule has 17 heavy (non-hydrogen) atoms. The van der Waals surface area contributed by atoms with Gasteiger partial charge >= 0.3 is 0 Å². The number of halogens is 1. The van der Waals surface area contributed by atoms with E-state index in [4.69, 9.17) is 0 Å². The number of benzene rings is 1. The minimum Gasteiger partial charge on any atom is -0.310 e. The molecular weight excluding hydrogens is 298 g/mol. The van der Waals surface area contributed by atoms with Crippen LogP contribution in [0.15, 0.2) is 27.6 Å². The lowest BCUT2D eigenvalue weighted by atomic mass is 10.0. The van der Waals surface area contributed by atoms with Gasteiger partial charge in [-0.25, -0.2) is 0 Å². The van der Waals surface area contributed by atoms with Crippen LogP contribution in [0, 0.1) is 0 Å². The molecule has 0 spiro atoms. The van der Waals surface area contributed by atoms with Crippen LogP contribution in [0.5, 0.6) is 0 Å². The van der Waals surface area contributed by atoms with E-state index in [0.717, 1.165) is 28.8 Å². The van der Waals surface area contributed by atoms with Crippen molar-refractivity contribution in [2.45, 2.75) is 42.9 Å². The fourth-order valence-electron chi connectivity index (χ4n) is 2.25. The molecule has 3 atom stereocenters. The van der Waals surface area contributed by atoms with Crippen molar-refractivity contribution in [3.8, 4) is 0 Å². The predicted molar refractivity (Wildman–Crippen MR) is 75.7 cm³/mol. The maximum atomic E-state index is 12.2. The Balaban J connectivity index is 2.35. The Morgan fingerprint density at radius 2 is 2.29 bits per heavy atom. The van der Waals surface area contributed by atoms with Crippen LogP contribution < -0.4 is 5.32 Å². The fraction of sp³-hybridized carbons (Fsp3) is 0.538. The molecule has 0 bridgehead atoms. The molecule has 94 valence electrons. The molecule has 1 aliphatic heterocycles. The van der Waals surface area contributed by atoms with E-state index in [1.807, 2.05) is 12.1 Å². The Hall–Kier alpha value is -0.190. The van der Waals surface area contributed by atoms with Crippen molar-refractivity contribution >= 4 is 26.7 Å².